The monoisotopic (exact) mass is 450 g/mol. The van der Waals surface area contributed by atoms with Gasteiger partial charge in [0, 0.05) is 22.6 Å². The third-order valence-electron chi connectivity index (χ3n) is 4.65. The molecule has 0 fully saturated rings. The molecule has 8 heteroatoms. The van der Waals surface area contributed by atoms with Crippen molar-refractivity contribution in [2.45, 2.75) is 11.1 Å². The third kappa shape index (κ3) is 5.22. The van der Waals surface area contributed by atoms with E-state index in [2.05, 4.69) is 17.2 Å². The number of carbonyl (C=O) groups is 2. The molecular formula is C24H22N2O5S. The maximum atomic E-state index is 13.2. The van der Waals surface area contributed by atoms with Gasteiger partial charge in [0.1, 0.15) is 5.75 Å². The molecule has 0 saturated heterocycles. The predicted octanol–water partition coefficient (Wildman–Crippen LogP) is 3.66. The summed E-state index contributed by atoms with van der Waals surface area (Å²) in [5, 5.41) is 6.51. The van der Waals surface area contributed by atoms with Crippen molar-refractivity contribution in [1.82, 2.24) is 5.32 Å². The fourth-order valence-electron chi connectivity index (χ4n) is 2.96. The number of sulfone groups is 1. The van der Waals surface area contributed by atoms with Gasteiger partial charge < -0.3 is 15.4 Å². The minimum absolute atomic E-state index is 0.00541. The number of ether oxygens (including phenoxy) is 1. The minimum Gasteiger partial charge on any atom is -0.495 e. The second-order valence-corrected chi connectivity index (χ2v) is 8.62. The highest BCUT2D eigenvalue weighted by Crippen LogP contribution is 2.29. The Bertz CT molecular complexity index is 1230. The summed E-state index contributed by atoms with van der Waals surface area (Å²) in [6.45, 7) is 3.32. The van der Waals surface area contributed by atoms with Crippen molar-refractivity contribution < 1.29 is 22.7 Å². The quantitative estimate of drug-likeness (QED) is 0.381. The lowest BCUT2D eigenvalue weighted by Crippen LogP contribution is -2.46. The summed E-state index contributed by atoms with van der Waals surface area (Å²) in [5.41, 5.74) is 1.11. The molecular weight excluding hydrogens is 428 g/mol. The predicted molar refractivity (Wildman–Crippen MR) is 122 cm³/mol. The summed E-state index contributed by atoms with van der Waals surface area (Å²) in [6, 6.07) is 21.2. The first-order valence-corrected chi connectivity index (χ1v) is 11.2. The lowest BCUT2D eigenvalue weighted by atomic mass is 10.1. The van der Waals surface area contributed by atoms with Crippen molar-refractivity contribution in [3.8, 4) is 5.75 Å². The molecule has 0 aromatic heterocycles. The standard InChI is InChI=1S/C24H22N2O5S/c1-3-32(29,30)19-14-15-20(21(16-19)31-2)25-23(22(27)17-10-6-4-7-11-17)26-24(28)18-12-8-5-9-13-18/h3-16,23,25H,1H2,2H3,(H,26,28)/t23-/m0/s1. The van der Waals surface area contributed by atoms with Gasteiger partial charge >= 0.3 is 0 Å². The first kappa shape index (κ1) is 22.8. The van der Waals surface area contributed by atoms with Crippen LogP contribution in [0.3, 0.4) is 0 Å². The van der Waals surface area contributed by atoms with Crippen LogP contribution in [0.4, 0.5) is 5.69 Å². The van der Waals surface area contributed by atoms with Crippen LogP contribution in [0, 0.1) is 0 Å². The van der Waals surface area contributed by atoms with E-state index in [1.165, 1.54) is 25.3 Å². The number of nitrogens with one attached hydrogen (secondary N) is 2. The molecule has 7 nitrogen and oxygen atoms in total. The van der Waals surface area contributed by atoms with Crippen LogP contribution in [0.1, 0.15) is 20.7 Å². The summed E-state index contributed by atoms with van der Waals surface area (Å²) in [7, 11) is -2.29. The summed E-state index contributed by atoms with van der Waals surface area (Å²) in [4.78, 5) is 25.9. The van der Waals surface area contributed by atoms with E-state index >= 15 is 0 Å². The van der Waals surface area contributed by atoms with E-state index < -0.39 is 21.9 Å². The first-order valence-electron chi connectivity index (χ1n) is 9.63. The van der Waals surface area contributed by atoms with E-state index in [9.17, 15) is 18.0 Å². The molecule has 0 spiro atoms. The summed E-state index contributed by atoms with van der Waals surface area (Å²) >= 11 is 0. The number of ketones is 1. The molecule has 164 valence electrons. The lowest BCUT2D eigenvalue weighted by molar-refractivity contribution is 0.0869. The second kappa shape index (κ2) is 9.93. The van der Waals surface area contributed by atoms with Crippen LogP contribution in [0.5, 0.6) is 5.75 Å². The van der Waals surface area contributed by atoms with Gasteiger partial charge in [-0.05, 0) is 24.3 Å². The Morgan fingerprint density at radius 1 is 0.938 bits per heavy atom. The Hall–Kier alpha value is -3.91. The molecule has 32 heavy (non-hydrogen) atoms. The highest BCUT2D eigenvalue weighted by Gasteiger charge is 2.24. The van der Waals surface area contributed by atoms with Crippen LogP contribution in [-0.4, -0.2) is 33.4 Å². The van der Waals surface area contributed by atoms with Gasteiger partial charge in [-0.15, -0.1) is 0 Å². The molecule has 2 N–H and O–H groups in total. The Labute approximate surface area is 186 Å². The Morgan fingerprint density at radius 2 is 1.53 bits per heavy atom. The Kier molecular flexibility index (Phi) is 7.07. The summed E-state index contributed by atoms with van der Waals surface area (Å²) in [6.07, 6.45) is -1.14. The van der Waals surface area contributed by atoms with Crippen LogP contribution in [0.25, 0.3) is 0 Å². The van der Waals surface area contributed by atoms with E-state index in [1.807, 2.05) is 0 Å². The van der Waals surface area contributed by atoms with Crippen LogP contribution in [0.15, 0.2) is 95.7 Å². The molecule has 0 aliphatic carbocycles. The van der Waals surface area contributed by atoms with Gasteiger partial charge in [-0.25, -0.2) is 8.42 Å². The zero-order valence-corrected chi connectivity index (χ0v) is 18.1. The van der Waals surface area contributed by atoms with Gasteiger partial charge in [-0.1, -0.05) is 55.1 Å². The number of carbonyl (C=O) groups excluding carboxylic acids is 2. The van der Waals surface area contributed by atoms with Crippen LogP contribution >= 0.6 is 0 Å². The average Bonchev–Trinajstić information content (AvgIpc) is 2.84. The summed E-state index contributed by atoms with van der Waals surface area (Å²) < 4.78 is 29.5. The smallest absolute Gasteiger partial charge is 0.253 e. The van der Waals surface area contributed by atoms with E-state index in [0.29, 0.717) is 16.8 Å². The Morgan fingerprint density at radius 3 is 2.09 bits per heavy atom. The van der Waals surface area contributed by atoms with Gasteiger partial charge in [-0.2, -0.15) is 0 Å². The van der Waals surface area contributed by atoms with Crippen LogP contribution in [-0.2, 0) is 9.84 Å². The number of Topliss-reactive ketones (excluding diaryl/α,β-unsaturated/α-hetero) is 1. The normalized spacial score (nSPS) is 11.8. The molecule has 0 bridgehead atoms. The number of amides is 1. The van der Waals surface area contributed by atoms with Crippen molar-refractivity contribution in [1.29, 1.82) is 0 Å². The van der Waals surface area contributed by atoms with Gasteiger partial charge in [0.15, 0.2) is 16.0 Å². The number of benzene rings is 3. The fraction of sp³-hybridized carbons (Fsp3) is 0.0833. The number of anilines is 1. The summed E-state index contributed by atoms with van der Waals surface area (Å²) in [5.74, 6) is -0.635. The topological polar surface area (TPSA) is 102 Å². The van der Waals surface area contributed by atoms with Crippen molar-refractivity contribution in [2.24, 2.45) is 0 Å². The number of hydrogen-bond donors (Lipinski definition) is 2. The molecule has 3 rings (SSSR count). The number of hydrogen-bond acceptors (Lipinski definition) is 6. The van der Waals surface area contributed by atoms with Gasteiger partial charge in [0.25, 0.3) is 5.91 Å². The number of methoxy groups -OCH3 is 1. The van der Waals surface area contributed by atoms with Crippen molar-refractivity contribution in [3.05, 3.63) is 102 Å². The third-order valence-corrected chi connectivity index (χ3v) is 6.00. The van der Waals surface area contributed by atoms with Gasteiger partial charge in [0.05, 0.1) is 17.7 Å². The number of rotatable bonds is 9. The molecule has 0 unspecified atom stereocenters. The molecule has 3 aromatic carbocycles. The minimum atomic E-state index is -3.67. The molecule has 0 radical (unpaired) electrons. The molecule has 3 aromatic rings. The zero-order chi connectivity index (χ0) is 23.1. The largest absolute Gasteiger partial charge is 0.495 e. The van der Waals surface area contributed by atoms with Crippen molar-refractivity contribution >= 4 is 27.2 Å². The van der Waals surface area contributed by atoms with E-state index in [-0.39, 0.29) is 16.4 Å². The molecule has 0 heterocycles. The van der Waals surface area contributed by atoms with Crippen molar-refractivity contribution in [3.63, 3.8) is 0 Å². The SMILES string of the molecule is C=CS(=O)(=O)c1ccc(N[C@@H](NC(=O)c2ccccc2)C(=O)c2ccccc2)c(OC)c1. The first-order chi connectivity index (χ1) is 15.4. The maximum absolute atomic E-state index is 13.2. The average molecular weight is 451 g/mol. The molecule has 1 atom stereocenters. The fourth-order valence-corrected chi connectivity index (χ4v) is 3.68. The second-order valence-electron chi connectivity index (χ2n) is 6.72. The highest BCUT2D eigenvalue weighted by molar-refractivity contribution is 7.94. The van der Waals surface area contributed by atoms with E-state index in [0.717, 1.165) is 5.41 Å². The molecule has 0 aliphatic rings. The molecule has 0 saturated carbocycles. The highest BCUT2D eigenvalue weighted by atomic mass is 32.2. The van der Waals surface area contributed by atoms with Crippen molar-refractivity contribution in [2.75, 3.05) is 12.4 Å². The molecule has 0 aliphatic heterocycles. The van der Waals surface area contributed by atoms with Gasteiger partial charge in [-0.3, -0.25) is 9.59 Å². The maximum Gasteiger partial charge on any atom is 0.253 e. The lowest BCUT2D eigenvalue weighted by Gasteiger charge is -2.22. The van der Waals surface area contributed by atoms with E-state index in [1.54, 1.807) is 60.7 Å². The van der Waals surface area contributed by atoms with Gasteiger partial charge in [0.2, 0.25) is 5.78 Å². The van der Waals surface area contributed by atoms with E-state index in [4.69, 9.17) is 4.74 Å². The molecule has 1 amide bonds. The van der Waals surface area contributed by atoms with Crippen LogP contribution < -0.4 is 15.4 Å². The Balaban J connectivity index is 1.96. The van der Waals surface area contributed by atoms with Crippen LogP contribution in [0.2, 0.25) is 0 Å². The zero-order valence-electron chi connectivity index (χ0n) is 17.3.